The monoisotopic (exact) mass is 384 g/mol. The van der Waals surface area contributed by atoms with Gasteiger partial charge in [-0.2, -0.15) is 5.26 Å². The van der Waals surface area contributed by atoms with E-state index in [2.05, 4.69) is 6.07 Å². The zero-order valence-corrected chi connectivity index (χ0v) is 16.5. The van der Waals surface area contributed by atoms with Gasteiger partial charge in [0.1, 0.15) is 0 Å². The highest BCUT2D eigenvalue weighted by molar-refractivity contribution is 8.00. The van der Waals surface area contributed by atoms with Gasteiger partial charge in [0.2, 0.25) is 5.91 Å². The Morgan fingerprint density at radius 2 is 2.11 bits per heavy atom. The Labute approximate surface area is 163 Å². The van der Waals surface area contributed by atoms with Crippen LogP contribution in [0.5, 0.6) is 0 Å². The third-order valence-electron chi connectivity index (χ3n) is 5.03. The predicted molar refractivity (Wildman–Crippen MR) is 107 cm³/mol. The Morgan fingerprint density at radius 3 is 2.81 bits per heavy atom. The van der Waals surface area contributed by atoms with Gasteiger partial charge >= 0.3 is 0 Å². The summed E-state index contributed by atoms with van der Waals surface area (Å²) in [5.74, 6) is -0.0596. The van der Waals surface area contributed by atoms with Gasteiger partial charge in [0, 0.05) is 19.6 Å². The van der Waals surface area contributed by atoms with Crippen molar-refractivity contribution in [2.24, 2.45) is 0 Å². The molecular formula is C20H24N4O2S. The van der Waals surface area contributed by atoms with Gasteiger partial charge in [-0.3, -0.25) is 14.2 Å². The van der Waals surface area contributed by atoms with Crippen molar-refractivity contribution in [3.05, 3.63) is 34.6 Å². The lowest BCUT2D eigenvalue weighted by atomic mass is 10.2. The largest absolute Gasteiger partial charge is 0.344 e. The van der Waals surface area contributed by atoms with E-state index in [1.54, 1.807) is 16.5 Å². The topological polar surface area (TPSA) is 79.0 Å². The molecule has 0 aliphatic heterocycles. The second-order valence-electron chi connectivity index (χ2n) is 6.95. The summed E-state index contributed by atoms with van der Waals surface area (Å²) in [6, 6.07) is 9.58. The molecule has 1 saturated carbocycles. The van der Waals surface area contributed by atoms with Crippen LogP contribution in [0.3, 0.4) is 0 Å². The molecule has 0 spiro atoms. The lowest BCUT2D eigenvalue weighted by molar-refractivity contribution is -0.128. The molecule has 142 valence electrons. The molecule has 1 aliphatic carbocycles. The highest BCUT2D eigenvalue weighted by Crippen LogP contribution is 2.33. The average molecular weight is 385 g/mol. The molecule has 1 atom stereocenters. The standard InChI is InChI=1S/C20H24N4O2S/c1-14(18(25)23(2)13-7-12-21)27-20-22-17-11-6-5-10-16(17)19(26)24(20)15-8-3-4-9-15/h5-6,10-11,14-15H,3-4,7-9,13H2,1-2H3/t14-/m1/s1. The number of rotatable bonds is 6. The molecule has 0 bridgehead atoms. The fraction of sp³-hybridized carbons (Fsp3) is 0.500. The molecule has 0 N–H and O–H groups in total. The number of hydrogen-bond acceptors (Lipinski definition) is 5. The maximum Gasteiger partial charge on any atom is 0.262 e. The molecule has 1 heterocycles. The van der Waals surface area contributed by atoms with Crippen molar-refractivity contribution in [1.82, 2.24) is 14.5 Å². The second-order valence-corrected chi connectivity index (χ2v) is 8.26. The average Bonchev–Trinajstić information content (AvgIpc) is 3.19. The number of carbonyl (C=O) groups excluding carboxylic acids is 1. The quantitative estimate of drug-likeness (QED) is 0.564. The van der Waals surface area contributed by atoms with Gasteiger partial charge in [-0.05, 0) is 31.9 Å². The number of para-hydroxylation sites is 1. The maximum atomic E-state index is 13.1. The van der Waals surface area contributed by atoms with E-state index >= 15 is 0 Å². The number of amides is 1. The van der Waals surface area contributed by atoms with Crippen LogP contribution in [0.1, 0.15) is 45.1 Å². The predicted octanol–water partition coefficient (Wildman–Crippen LogP) is 3.36. The summed E-state index contributed by atoms with van der Waals surface area (Å²) in [6.07, 6.45) is 4.47. The van der Waals surface area contributed by atoms with Gasteiger partial charge in [-0.25, -0.2) is 4.98 Å². The number of hydrogen-bond donors (Lipinski definition) is 0. The lowest BCUT2D eigenvalue weighted by Crippen LogP contribution is -2.35. The normalized spacial score (nSPS) is 15.6. The van der Waals surface area contributed by atoms with Crippen LogP contribution in [0.2, 0.25) is 0 Å². The van der Waals surface area contributed by atoms with Crippen molar-refractivity contribution < 1.29 is 4.79 Å². The third-order valence-corrected chi connectivity index (χ3v) is 6.08. The summed E-state index contributed by atoms with van der Waals surface area (Å²) in [6.45, 7) is 2.23. The minimum Gasteiger partial charge on any atom is -0.344 e. The minimum atomic E-state index is -0.380. The number of benzene rings is 1. The molecule has 1 amide bonds. The van der Waals surface area contributed by atoms with E-state index < -0.39 is 0 Å². The summed E-state index contributed by atoms with van der Waals surface area (Å²) < 4.78 is 1.80. The van der Waals surface area contributed by atoms with Crippen molar-refractivity contribution in [2.45, 2.75) is 55.5 Å². The maximum absolute atomic E-state index is 13.1. The molecule has 2 aromatic rings. The smallest absolute Gasteiger partial charge is 0.262 e. The summed E-state index contributed by atoms with van der Waals surface area (Å²) >= 11 is 1.33. The van der Waals surface area contributed by atoms with Crippen LogP contribution in [0.25, 0.3) is 10.9 Å². The molecule has 27 heavy (non-hydrogen) atoms. The zero-order chi connectivity index (χ0) is 19.4. The van der Waals surface area contributed by atoms with Gasteiger partial charge in [0.25, 0.3) is 5.56 Å². The van der Waals surface area contributed by atoms with E-state index in [1.165, 1.54) is 11.8 Å². The van der Waals surface area contributed by atoms with Crippen molar-refractivity contribution in [3.8, 4) is 6.07 Å². The molecule has 1 aromatic heterocycles. The summed E-state index contributed by atoms with van der Waals surface area (Å²) in [5.41, 5.74) is 0.643. The Kier molecular flexibility index (Phi) is 6.17. The van der Waals surface area contributed by atoms with Gasteiger partial charge in [0.15, 0.2) is 5.16 Å². The molecular weight excluding hydrogens is 360 g/mol. The number of nitriles is 1. The zero-order valence-electron chi connectivity index (χ0n) is 15.7. The molecule has 0 saturated heterocycles. The summed E-state index contributed by atoms with van der Waals surface area (Å²) in [4.78, 5) is 32.1. The fourth-order valence-corrected chi connectivity index (χ4v) is 4.63. The van der Waals surface area contributed by atoms with Crippen LogP contribution in [0.15, 0.2) is 34.2 Å². The first-order chi connectivity index (χ1) is 13.0. The number of aromatic nitrogens is 2. The Morgan fingerprint density at radius 1 is 1.41 bits per heavy atom. The SMILES string of the molecule is C[C@@H](Sc1nc2ccccc2c(=O)n1C1CCCC1)C(=O)N(C)CCC#N. The van der Waals surface area contributed by atoms with Gasteiger partial charge in [-0.15, -0.1) is 0 Å². The van der Waals surface area contributed by atoms with Crippen LogP contribution in [0, 0.1) is 11.3 Å². The first-order valence-corrected chi connectivity index (χ1v) is 10.2. The van der Waals surface area contributed by atoms with Crippen molar-refractivity contribution in [3.63, 3.8) is 0 Å². The van der Waals surface area contributed by atoms with E-state index in [9.17, 15) is 9.59 Å². The van der Waals surface area contributed by atoms with Gasteiger partial charge < -0.3 is 4.90 Å². The Hall–Kier alpha value is -2.33. The van der Waals surface area contributed by atoms with Crippen LogP contribution < -0.4 is 5.56 Å². The van der Waals surface area contributed by atoms with Crippen molar-refractivity contribution in [2.75, 3.05) is 13.6 Å². The highest BCUT2D eigenvalue weighted by atomic mass is 32.2. The Bertz CT molecular complexity index is 928. The number of carbonyl (C=O) groups is 1. The second kappa shape index (κ2) is 8.57. The summed E-state index contributed by atoms with van der Waals surface area (Å²) in [5, 5.41) is 9.57. The molecule has 3 rings (SSSR count). The van der Waals surface area contributed by atoms with Crippen LogP contribution in [0.4, 0.5) is 0 Å². The highest BCUT2D eigenvalue weighted by Gasteiger charge is 2.26. The van der Waals surface area contributed by atoms with Crippen molar-refractivity contribution >= 4 is 28.6 Å². The molecule has 1 aromatic carbocycles. The molecule has 6 nitrogen and oxygen atoms in total. The van der Waals surface area contributed by atoms with Gasteiger partial charge in [-0.1, -0.05) is 36.7 Å². The third kappa shape index (κ3) is 4.16. The van der Waals surface area contributed by atoms with Gasteiger partial charge in [0.05, 0.1) is 28.6 Å². The summed E-state index contributed by atoms with van der Waals surface area (Å²) in [7, 11) is 1.70. The molecule has 7 heteroatoms. The number of nitrogens with zero attached hydrogens (tertiary/aromatic N) is 4. The lowest BCUT2D eigenvalue weighted by Gasteiger charge is -2.23. The van der Waals surface area contributed by atoms with Crippen LogP contribution in [-0.4, -0.2) is 39.2 Å². The Balaban J connectivity index is 1.95. The first kappa shape index (κ1) is 19.4. The van der Waals surface area contributed by atoms with E-state index in [1.807, 2.05) is 31.2 Å². The minimum absolute atomic E-state index is 0.0208. The molecule has 1 aliphatic rings. The van der Waals surface area contributed by atoms with Crippen LogP contribution >= 0.6 is 11.8 Å². The van der Waals surface area contributed by atoms with E-state index in [-0.39, 0.29) is 22.8 Å². The van der Waals surface area contributed by atoms with E-state index in [0.717, 1.165) is 25.7 Å². The molecule has 1 fully saturated rings. The van der Waals surface area contributed by atoms with E-state index in [0.29, 0.717) is 29.0 Å². The van der Waals surface area contributed by atoms with Crippen molar-refractivity contribution in [1.29, 1.82) is 5.26 Å². The fourth-order valence-electron chi connectivity index (χ4n) is 3.54. The molecule has 0 radical (unpaired) electrons. The first-order valence-electron chi connectivity index (χ1n) is 9.32. The van der Waals surface area contributed by atoms with E-state index in [4.69, 9.17) is 10.2 Å². The van der Waals surface area contributed by atoms with Crippen LogP contribution in [-0.2, 0) is 4.79 Å². The number of fused-ring (bicyclic) bond motifs is 1. The molecule has 0 unspecified atom stereocenters. The number of thioether (sulfide) groups is 1.